The highest BCUT2D eigenvalue weighted by Gasteiger charge is 2.23. The van der Waals surface area contributed by atoms with Crippen molar-refractivity contribution in [3.8, 4) is 10.7 Å². The molecule has 8 nitrogen and oxygen atoms in total. The van der Waals surface area contributed by atoms with Crippen molar-refractivity contribution in [1.82, 2.24) is 25.1 Å². The molecule has 3 aromatic rings. The predicted octanol–water partition coefficient (Wildman–Crippen LogP) is 3.02. The van der Waals surface area contributed by atoms with Crippen LogP contribution in [0.5, 0.6) is 0 Å². The summed E-state index contributed by atoms with van der Waals surface area (Å²) in [4.78, 5) is 22.0. The van der Waals surface area contributed by atoms with Crippen molar-refractivity contribution in [2.75, 3.05) is 26.2 Å². The lowest BCUT2D eigenvalue weighted by atomic mass is 10.1. The zero-order valence-corrected chi connectivity index (χ0v) is 17.0. The number of carbonyl (C=O) groups excluding carboxylic acids is 1. The number of amides is 1. The van der Waals surface area contributed by atoms with E-state index in [0.29, 0.717) is 44.2 Å². The third-order valence-corrected chi connectivity index (χ3v) is 5.98. The van der Waals surface area contributed by atoms with Crippen molar-refractivity contribution in [3.05, 3.63) is 39.9 Å². The first-order chi connectivity index (χ1) is 13.6. The molecule has 4 rings (SSSR count). The Kier molecular flexibility index (Phi) is 5.74. The zero-order valence-electron chi connectivity index (χ0n) is 15.4. The first kappa shape index (κ1) is 19.1. The molecule has 0 bridgehead atoms. The van der Waals surface area contributed by atoms with Crippen LogP contribution in [-0.2, 0) is 17.8 Å². The van der Waals surface area contributed by atoms with Gasteiger partial charge in [-0.05, 0) is 36.4 Å². The monoisotopic (exact) mass is 421 g/mol. The molecule has 28 heavy (non-hydrogen) atoms. The molecule has 1 saturated heterocycles. The number of halogens is 1. The Labute approximate surface area is 171 Å². The Balaban J connectivity index is 1.25. The predicted molar refractivity (Wildman–Crippen MR) is 104 cm³/mol. The highest BCUT2D eigenvalue weighted by Crippen LogP contribution is 2.22. The molecule has 3 aromatic heterocycles. The van der Waals surface area contributed by atoms with E-state index in [4.69, 9.17) is 20.6 Å². The molecular weight excluding hydrogens is 402 g/mol. The largest absolute Gasteiger partial charge is 0.344 e. The molecule has 0 aliphatic carbocycles. The second-order valence-electron chi connectivity index (χ2n) is 6.67. The SMILES string of the molecule is Cc1noc(Cl)c1CCC(=O)N1CCN(Cc2nc(-c3cccs3)no2)CC1. The summed E-state index contributed by atoms with van der Waals surface area (Å²) in [5, 5.41) is 10.1. The molecule has 10 heteroatoms. The lowest BCUT2D eigenvalue weighted by molar-refractivity contribution is -0.133. The fraction of sp³-hybridized carbons (Fsp3) is 0.444. The number of rotatable bonds is 6. The molecule has 0 saturated carbocycles. The van der Waals surface area contributed by atoms with E-state index in [-0.39, 0.29) is 11.1 Å². The van der Waals surface area contributed by atoms with Gasteiger partial charge in [-0.15, -0.1) is 11.3 Å². The van der Waals surface area contributed by atoms with Gasteiger partial charge < -0.3 is 13.9 Å². The number of thiophene rings is 1. The molecule has 0 radical (unpaired) electrons. The fourth-order valence-corrected chi connectivity index (χ4v) is 4.12. The van der Waals surface area contributed by atoms with Crippen LogP contribution in [0.25, 0.3) is 10.7 Å². The summed E-state index contributed by atoms with van der Waals surface area (Å²) < 4.78 is 10.3. The van der Waals surface area contributed by atoms with E-state index in [1.54, 1.807) is 11.3 Å². The maximum atomic E-state index is 12.5. The average molecular weight is 422 g/mol. The van der Waals surface area contributed by atoms with Crippen LogP contribution in [0.4, 0.5) is 0 Å². The molecule has 1 fully saturated rings. The Bertz CT molecular complexity index is 912. The minimum absolute atomic E-state index is 0.120. The average Bonchev–Trinajstić information content (AvgIpc) is 3.43. The van der Waals surface area contributed by atoms with Crippen LogP contribution in [0.3, 0.4) is 0 Å². The number of hydrogen-bond donors (Lipinski definition) is 0. The number of carbonyl (C=O) groups is 1. The number of aryl methyl sites for hydroxylation is 1. The van der Waals surface area contributed by atoms with Crippen molar-refractivity contribution < 1.29 is 13.8 Å². The summed E-state index contributed by atoms with van der Waals surface area (Å²) in [6.07, 6.45) is 0.941. The van der Waals surface area contributed by atoms with Gasteiger partial charge in [0.15, 0.2) is 0 Å². The smallest absolute Gasteiger partial charge is 0.241 e. The standard InChI is InChI=1S/C18H20ClN5O3S/c1-12-13(17(19)27-21-12)4-5-16(25)24-8-6-23(7-9-24)11-15-20-18(22-26-15)14-3-2-10-28-14/h2-3,10H,4-9,11H2,1H3. The third kappa shape index (κ3) is 4.26. The minimum atomic E-state index is 0.120. The number of piperazine rings is 1. The Morgan fingerprint density at radius 1 is 1.25 bits per heavy atom. The summed E-state index contributed by atoms with van der Waals surface area (Å²) in [6.45, 7) is 5.33. The molecular formula is C18H20ClN5O3S. The highest BCUT2D eigenvalue weighted by atomic mass is 35.5. The highest BCUT2D eigenvalue weighted by molar-refractivity contribution is 7.13. The molecule has 1 aliphatic heterocycles. The Morgan fingerprint density at radius 2 is 2.07 bits per heavy atom. The van der Waals surface area contributed by atoms with Crippen molar-refractivity contribution in [1.29, 1.82) is 0 Å². The second-order valence-corrected chi connectivity index (χ2v) is 7.96. The van der Waals surface area contributed by atoms with E-state index in [1.807, 2.05) is 29.3 Å². The van der Waals surface area contributed by atoms with Gasteiger partial charge in [0.2, 0.25) is 22.8 Å². The lowest BCUT2D eigenvalue weighted by Gasteiger charge is -2.34. The molecule has 0 unspecified atom stereocenters. The van der Waals surface area contributed by atoms with Gasteiger partial charge in [-0.25, -0.2) is 0 Å². The van der Waals surface area contributed by atoms with Crippen LogP contribution in [0.15, 0.2) is 26.6 Å². The number of nitrogens with zero attached hydrogens (tertiary/aromatic N) is 5. The molecule has 0 spiro atoms. The van der Waals surface area contributed by atoms with Crippen molar-refractivity contribution in [3.63, 3.8) is 0 Å². The van der Waals surface area contributed by atoms with Gasteiger partial charge in [0.1, 0.15) is 0 Å². The van der Waals surface area contributed by atoms with E-state index >= 15 is 0 Å². The van der Waals surface area contributed by atoms with Gasteiger partial charge in [0.05, 0.1) is 17.1 Å². The van der Waals surface area contributed by atoms with Crippen LogP contribution in [0.1, 0.15) is 23.6 Å². The van der Waals surface area contributed by atoms with Gasteiger partial charge in [0.25, 0.3) is 0 Å². The van der Waals surface area contributed by atoms with E-state index in [1.165, 1.54) is 0 Å². The van der Waals surface area contributed by atoms with Gasteiger partial charge in [-0.3, -0.25) is 9.69 Å². The topological polar surface area (TPSA) is 88.5 Å². The van der Waals surface area contributed by atoms with Crippen molar-refractivity contribution in [2.24, 2.45) is 0 Å². The molecule has 1 aliphatic rings. The van der Waals surface area contributed by atoms with Crippen molar-refractivity contribution >= 4 is 28.8 Å². The molecule has 1 amide bonds. The maximum Gasteiger partial charge on any atom is 0.241 e. The summed E-state index contributed by atoms with van der Waals surface area (Å²) in [6, 6.07) is 3.93. The minimum Gasteiger partial charge on any atom is -0.344 e. The van der Waals surface area contributed by atoms with Gasteiger partial charge in [0, 0.05) is 38.2 Å². The van der Waals surface area contributed by atoms with Gasteiger partial charge in [-0.2, -0.15) is 4.98 Å². The zero-order chi connectivity index (χ0) is 19.5. The van der Waals surface area contributed by atoms with Crippen LogP contribution in [-0.4, -0.2) is 57.2 Å². The van der Waals surface area contributed by atoms with Crippen LogP contribution in [0, 0.1) is 6.92 Å². The molecule has 4 heterocycles. The fourth-order valence-electron chi connectivity index (χ4n) is 3.20. The van der Waals surface area contributed by atoms with E-state index in [9.17, 15) is 4.79 Å². The van der Waals surface area contributed by atoms with E-state index < -0.39 is 0 Å². The Hall–Kier alpha value is -2.23. The van der Waals surface area contributed by atoms with Crippen molar-refractivity contribution in [2.45, 2.75) is 26.3 Å². The second kappa shape index (κ2) is 8.42. The normalized spacial score (nSPS) is 15.3. The molecule has 0 aromatic carbocycles. The Morgan fingerprint density at radius 3 is 2.75 bits per heavy atom. The third-order valence-electron chi connectivity index (χ3n) is 4.82. The van der Waals surface area contributed by atoms with E-state index in [2.05, 4.69) is 20.2 Å². The molecule has 148 valence electrons. The van der Waals surface area contributed by atoms with Crippen LogP contribution < -0.4 is 0 Å². The van der Waals surface area contributed by atoms with E-state index in [0.717, 1.165) is 29.2 Å². The van der Waals surface area contributed by atoms with Crippen LogP contribution in [0.2, 0.25) is 5.22 Å². The first-order valence-electron chi connectivity index (χ1n) is 9.07. The summed E-state index contributed by atoms with van der Waals surface area (Å²) >= 11 is 7.55. The summed E-state index contributed by atoms with van der Waals surface area (Å²) in [5.74, 6) is 1.34. The summed E-state index contributed by atoms with van der Waals surface area (Å²) in [7, 11) is 0. The van der Waals surface area contributed by atoms with Crippen LogP contribution >= 0.6 is 22.9 Å². The van der Waals surface area contributed by atoms with Gasteiger partial charge in [-0.1, -0.05) is 16.4 Å². The molecule has 0 N–H and O–H groups in total. The van der Waals surface area contributed by atoms with Gasteiger partial charge >= 0.3 is 0 Å². The lowest BCUT2D eigenvalue weighted by Crippen LogP contribution is -2.48. The number of hydrogen-bond acceptors (Lipinski definition) is 8. The summed E-state index contributed by atoms with van der Waals surface area (Å²) in [5.41, 5.74) is 1.55. The quantitative estimate of drug-likeness (QED) is 0.604. The molecule has 0 atom stereocenters. The maximum absolute atomic E-state index is 12.5. The number of aromatic nitrogens is 3. The first-order valence-corrected chi connectivity index (χ1v) is 10.3.